The molecule has 0 aromatic carbocycles. The molecule has 0 aromatic rings. The van der Waals surface area contributed by atoms with Crippen LogP contribution in [0.15, 0.2) is 0 Å². The molecule has 2 aliphatic heterocycles. The highest BCUT2D eigenvalue weighted by molar-refractivity contribution is 8.00. The van der Waals surface area contributed by atoms with Gasteiger partial charge in [0.2, 0.25) is 0 Å². The molecule has 4 N–H and O–H groups in total. The molecular formula is C12H23BN2O4S. The van der Waals surface area contributed by atoms with E-state index in [1.165, 1.54) is 6.82 Å². The molecule has 0 spiro atoms. The van der Waals surface area contributed by atoms with Crippen molar-refractivity contribution < 1.29 is 19.6 Å². The molecule has 0 bridgehead atoms. The molecule has 8 heteroatoms. The van der Waals surface area contributed by atoms with E-state index in [2.05, 4.69) is 10.6 Å². The van der Waals surface area contributed by atoms with Crippen LogP contribution >= 0.6 is 11.8 Å². The van der Waals surface area contributed by atoms with Crippen LogP contribution in [0.25, 0.3) is 0 Å². The highest BCUT2D eigenvalue weighted by Gasteiger charge is 2.42. The molecule has 3 atom stereocenters. The number of nitrogens with one attached hydrogen (secondary N) is 2. The maximum atomic E-state index is 11.1. The maximum Gasteiger partial charge on any atom is 0.448 e. The highest BCUT2D eigenvalue weighted by atomic mass is 32.2. The minimum atomic E-state index is -1.17. The van der Waals surface area contributed by atoms with E-state index in [0.29, 0.717) is 23.8 Å². The lowest BCUT2D eigenvalue weighted by molar-refractivity contribution is -0.117. The second-order valence-electron chi connectivity index (χ2n) is 5.20. The van der Waals surface area contributed by atoms with Crippen LogP contribution in [0.3, 0.4) is 0 Å². The minimum absolute atomic E-state index is 0.0240. The molecule has 2 heterocycles. The van der Waals surface area contributed by atoms with E-state index >= 15 is 0 Å². The molecular weight excluding hydrogens is 279 g/mol. The first-order valence-corrected chi connectivity index (χ1v) is 7.99. The number of hydrogen-bond acceptors (Lipinski definition) is 5. The minimum Gasteiger partial charge on any atom is -0.427 e. The van der Waals surface area contributed by atoms with Gasteiger partial charge in [0.15, 0.2) is 0 Å². The van der Waals surface area contributed by atoms with Gasteiger partial charge in [-0.15, -0.1) is 0 Å². The Labute approximate surface area is 124 Å². The lowest BCUT2D eigenvalue weighted by Crippen LogP contribution is -2.36. The summed E-state index contributed by atoms with van der Waals surface area (Å²) >= 11 is 1.93. The number of amides is 2. The molecule has 2 aliphatic rings. The molecule has 3 unspecified atom stereocenters. The zero-order chi connectivity index (χ0) is 15.1. The van der Waals surface area contributed by atoms with Crippen molar-refractivity contribution in [1.29, 1.82) is 0 Å². The third-order valence-corrected chi connectivity index (χ3v) is 4.71. The number of carbonyl (C=O) groups is 2. The van der Waals surface area contributed by atoms with Crippen LogP contribution in [0, 0.1) is 0 Å². The Morgan fingerprint density at radius 2 is 2.05 bits per heavy atom. The fraction of sp³-hybridized carbons (Fsp3) is 0.833. The zero-order valence-electron chi connectivity index (χ0n) is 12.0. The van der Waals surface area contributed by atoms with E-state index < -0.39 is 7.12 Å². The Morgan fingerprint density at radius 3 is 2.65 bits per heavy atom. The summed E-state index contributed by atoms with van der Waals surface area (Å²) in [5.74, 6) is 1.29. The van der Waals surface area contributed by atoms with Gasteiger partial charge in [0, 0.05) is 17.4 Å². The van der Waals surface area contributed by atoms with E-state index in [1.807, 2.05) is 11.8 Å². The standard InChI is InChI=1S/C11H18N2O2S.CH5BO2/c1-7(14)4-2-3-5-9-10-8(6-16-9)12-11(15)13-10;1-2(3)4/h8-10H,2-6H2,1H3,(H2,12,13,15);3-4H,1H3. The van der Waals surface area contributed by atoms with Crippen molar-refractivity contribution in [1.82, 2.24) is 10.6 Å². The molecule has 0 aromatic heterocycles. The van der Waals surface area contributed by atoms with Crippen molar-refractivity contribution in [3.05, 3.63) is 0 Å². The second kappa shape index (κ2) is 8.54. The van der Waals surface area contributed by atoms with Crippen molar-refractivity contribution in [3.63, 3.8) is 0 Å². The summed E-state index contributed by atoms with van der Waals surface area (Å²) in [5, 5.41) is 21.7. The Bertz CT molecular complexity index is 341. The average Bonchev–Trinajstić information content (AvgIpc) is 2.83. The van der Waals surface area contributed by atoms with Crippen molar-refractivity contribution >= 4 is 30.7 Å². The van der Waals surface area contributed by atoms with Gasteiger partial charge in [-0.3, -0.25) is 0 Å². The summed E-state index contributed by atoms with van der Waals surface area (Å²) in [6, 6.07) is 0.592. The smallest absolute Gasteiger partial charge is 0.427 e. The molecule has 0 radical (unpaired) electrons. The Balaban J connectivity index is 0.000000444. The number of rotatable bonds is 5. The predicted molar refractivity (Wildman–Crippen MR) is 80.7 cm³/mol. The number of hydrogen-bond donors (Lipinski definition) is 4. The van der Waals surface area contributed by atoms with E-state index in [4.69, 9.17) is 10.0 Å². The fourth-order valence-electron chi connectivity index (χ4n) is 2.36. The Kier molecular flexibility index (Phi) is 7.40. The van der Waals surface area contributed by atoms with Gasteiger partial charge in [0.25, 0.3) is 0 Å². The molecule has 2 saturated heterocycles. The average molecular weight is 302 g/mol. The Morgan fingerprint density at radius 1 is 1.40 bits per heavy atom. The summed E-state index contributed by atoms with van der Waals surface area (Å²) < 4.78 is 0. The van der Waals surface area contributed by atoms with E-state index in [0.717, 1.165) is 25.0 Å². The van der Waals surface area contributed by atoms with Crippen LogP contribution in [-0.4, -0.2) is 52.1 Å². The van der Waals surface area contributed by atoms with Crippen LogP contribution in [0.1, 0.15) is 32.6 Å². The normalized spacial score (nSPS) is 27.0. The van der Waals surface area contributed by atoms with Gasteiger partial charge in [-0.05, 0) is 26.6 Å². The summed E-state index contributed by atoms with van der Waals surface area (Å²) in [6.07, 6.45) is 3.85. The van der Waals surface area contributed by atoms with Crippen molar-refractivity contribution in [3.8, 4) is 0 Å². The van der Waals surface area contributed by atoms with Crippen LogP contribution in [0.5, 0.6) is 0 Å². The van der Waals surface area contributed by atoms with Gasteiger partial charge >= 0.3 is 13.1 Å². The molecule has 2 amide bonds. The molecule has 2 fully saturated rings. The van der Waals surface area contributed by atoms with Gasteiger partial charge in [0.1, 0.15) is 5.78 Å². The SMILES string of the molecule is CB(O)O.CC(=O)CCCCC1SCC2NC(=O)NC21. The van der Waals surface area contributed by atoms with Crippen molar-refractivity contribution in [2.45, 2.75) is 56.8 Å². The first-order chi connectivity index (χ1) is 9.40. The monoisotopic (exact) mass is 302 g/mol. The molecule has 20 heavy (non-hydrogen) atoms. The van der Waals surface area contributed by atoms with E-state index in [9.17, 15) is 9.59 Å². The first-order valence-electron chi connectivity index (χ1n) is 6.94. The van der Waals surface area contributed by atoms with Crippen LogP contribution in [0.4, 0.5) is 4.79 Å². The first kappa shape index (κ1) is 17.3. The summed E-state index contributed by atoms with van der Waals surface area (Å²) in [6.45, 7) is 2.92. The van der Waals surface area contributed by atoms with Gasteiger partial charge in [-0.25, -0.2) is 4.79 Å². The number of ketones is 1. The van der Waals surface area contributed by atoms with Crippen LogP contribution in [0.2, 0.25) is 6.82 Å². The van der Waals surface area contributed by atoms with Gasteiger partial charge in [-0.2, -0.15) is 11.8 Å². The van der Waals surface area contributed by atoms with E-state index in [1.54, 1.807) is 6.92 Å². The third kappa shape index (κ3) is 6.15. The van der Waals surface area contributed by atoms with Gasteiger partial charge in [0.05, 0.1) is 12.1 Å². The lowest BCUT2D eigenvalue weighted by Gasteiger charge is -2.16. The number of urea groups is 1. The summed E-state index contributed by atoms with van der Waals surface area (Å²) in [5.41, 5.74) is 0. The van der Waals surface area contributed by atoms with Crippen LogP contribution < -0.4 is 10.6 Å². The Hall–Kier alpha value is -0.725. The van der Waals surface area contributed by atoms with Crippen molar-refractivity contribution in [2.75, 3.05) is 5.75 Å². The van der Waals surface area contributed by atoms with Crippen LogP contribution in [-0.2, 0) is 4.79 Å². The van der Waals surface area contributed by atoms with Crippen molar-refractivity contribution in [2.24, 2.45) is 0 Å². The van der Waals surface area contributed by atoms with Gasteiger partial charge < -0.3 is 25.5 Å². The fourth-order valence-corrected chi connectivity index (χ4v) is 3.91. The number of Topliss-reactive ketones (excluding diaryl/α,β-unsaturated/α-hetero) is 1. The molecule has 0 aliphatic carbocycles. The largest absolute Gasteiger partial charge is 0.448 e. The third-order valence-electron chi connectivity index (χ3n) is 3.21. The number of carbonyl (C=O) groups excluding carboxylic acids is 2. The van der Waals surface area contributed by atoms with Gasteiger partial charge in [-0.1, -0.05) is 6.42 Å². The molecule has 6 nitrogen and oxygen atoms in total. The molecule has 114 valence electrons. The second-order valence-corrected chi connectivity index (χ2v) is 6.47. The quantitative estimate of drug-likeness (QED) is 0.334. The number of unbranched alkanes of at least 4 members (excludes halogenated alkanes) is 1. The number of thioether (sulfide) groups is 1. The maximum absolute atomic E-state index is 11.1. The summed E-state index contributed by atoms with van der Waals surface area (Å²) in [7, 11) is -1.17. The number of fused-ring (bicyclic) bond motifs is 1. The topological polar surface area (TPSA) is 98.7 Å². The predicted octanol–water partition coefficient (Wildman–Crippen LogP) is 0.390. The van der Waals surface area contributed by atoms with E-state index in [-0.39, 0.29) is 11.8 Å². The highest BCUT2D eigenvalue weighted by Crippen LogP contribution is 2.33. The zero-order valence-corrected chi connectivity index (χ0v) is 12.8. The molecule has 0 saturated carbocycles. The summed E-state index contributed by atoms with van der Waals surface area (Å²) in [4.78, 5) is 21.9. The molecule has 2 rings (SSSR count). The lowest BCUT2D eigenvalue weighted by atomic mass is 9.99.